The van der Waals surface area contributed by atoms with Gasteiger partial charge in [-0.05, 0) is 31.2 Å². The minimum atomic E-state index is -3.80. The van der Waals surface area contributed by atoms with Crippen LogP contribution >= 0.6 is 0 Å². The van der Waals surface area contributed by atoms with Gasteiger partial charge in [-0.25, -0.2) is 17.2 Å². The summed E-state index contributed by atoms with van der Waals surface area (Å²) in [5, 5.41) is 2.36. The van der Waals surface area contributed by atoms with Gasteiger partial charge in [0.1, 0.15) is 19.8 Å². The van der Waals surface area contributed by atoms with Crippen LogP contribution in [0.3, 0.4) is 0 Å². The van der Waals surface area contributed by atoms with Crippen LogP contribution in [0.2, 0.25) is 0 Å². The fourth-order valence-corrected chi connectivity index (χ4v) is 3.66. The number of halogens is 2. The molecule has 0 aliphatic carbocycles. The lowest BCUT2D eigenvalue weighted by atomic mass is 10.2. The fourth-order valence-electron chi connectivity index (χ4n) is 2.60. The van der Waals surface area contributed by atoms with Gasteiger partial charge in [-0.3, -0.25) is 9.10 Å². The molecule has 0 unspecified atom stereocenters. The van der Waals surface area contributed by atoms with Crippen LogP contribution in [0.15, 0.2) is 36.4 Å². The molecule has 28 heavy (non-hydrogen) atoms. The molecule has 0 bridgehead atoms. The van der Waals surface area contributed by atoms with Crippen molar-refractivity contribution in [1.82, 2.24) is 0 Å². The first-order valence-electron chi connectivity index (χ1n) is 8.45. The number of ether oxygens (including phenoxy) is 2. The summed E-state index contributed by atoms with van der Waals surface area (Å²) in [6, 6.07) is 7.41. The third-order valence-corrected chi connectivity index (χ3v) is 5.75. The first kappa shape index (κ1) is 19.9. The number of rotatable bonds is 6. The van der Waals surface area contributed by atoms with E-state index in [1.807, 2.05) is 0 Å². The molecule has 0 aromatic heterocycles. The highest BCUT2D eigenvalue weighted by Gasteiger charge is 2.25. The zero-order valence-electron chi connectivity index (χ0n) is 14.9. The minimum absolute atomic E-state index is 0.0138. The van der Waals surface area contributed by atoms with Crippen LogP contribution in [0.4, 0.5) is 20.2 Å². The number of hydrogen-bond acceptors (Lipinski definition) is 5. The molecule has 0 fully saturated rings. The molecule has 1 heterocycles. The van der Waals surface area contributed by atoms with Crippen molar-refractivity contribution >= 4 is 27.3 Å². The van der Waals surface area contributed by atoms with Crippen LogP contribution in [0.1, 0.15) is 6.92 Å². The summed E-state index contributed by atoms with van der Waals surface area (Å²) in [6.45, 7) is 1.62. The van der Waals surface area contributed by atoms with Crippen molar-refractivity contribution in [3.05, 3.63) is 48.0 Å². The quantitative estimate of drug-likeness (QED) is 0.788. The Hall–Kier alpha value is -2.88. The van der Waals surface area contributed by atoms with E-state index in [0.29, 0.717) is 24.7 Å². The van der Waals surface area contributed by atoms with Gasteiger partial charge < -0.3 is 14.8 Å². The van der Waals surface area contributed by atoms with Crippen LogP contribution in [0, 0.1) is 11.6 Å². The molecule has 3 rings (SSSR count). The van der Waals surface area contributed by atoms with E-state index in [1.54, 1.807) is 6.07 Å². The molecule has 2 aromatic rings. The Morgan fingerprint density at radius 2 is 1.79 bits per heavy atom. The summed E-state index contributed by atoms with van der Waals surface area (Å²) in [5.41, 5.74) is 0.242. The summed E-state index contributed by atoms with van der Waals surface area (Å²) < 4.78 is 63.2. The lowest BCUT2D eigenvalue weighted by Gasteiger charge is -2.25. The van der Waals surface area contributed by atoms with Crippen LogP contribution in [0.25, 0.3) is 0 Å². The van der Waals surface area contributed by atoms with E-state index in [2.05, 4.69) is 5.32 Å². The van der Waals surface area contributed by atoms with E-state index in [1.165, 1.54) is 25.1 Å². The van der Waals surface area contributed by atoms with Gasteiger partial charge in [0.05, 0.1) is 11.4 Å². The monoisotopic (exact) mass is 412 g/mol. The summed E-state index contributed by atoms with van der Waals surface area (Å²) >= 11 is 0. The Balaban J connectivity index is 1.84. The molecule has 1 amide bonds. The van der Waals surface area contributed by atoms with Crippen LogP contribution in [-0.4, -0.2) is 39.8 Å². The second-order valence-electron chi connectivity index (χ2n) is 5.91. The Kier molecular flexibility index (Phi) is 5.68. The Labute approximate surface area is 160 Å². The molecule has 1 aliphatic heterocycles. The predicted octanol–water partition coefficient (Wildman–Crippen LogP) is 2.53. The summed E-state index contributed by atoms with van der Waals surface area (Å²) in [4.78, 5) is 12.4. The molecule has 0 atom stereocenters. The molecule has 10 heteroatoms. The van der Waals surface area contributed by atoms with Crippen LogP contribution in [0.5, 0.6) is 11.5 Å². The van der Waals surface area contributed by atoms with E-state index >= 15 is 0 Å². The third kappa shape index (κ3) is 4.33. The zero-order valence-corrected chi connectivity index (χ0v) is 15.8. The van der Waals surface area contributed by atoms with Gasteiger partial charge in [0.15, 0.2) is 23.1 Å². The molecule has 1 aliphatic rings. The molecular formula is C18H18F2N2O5S. The van der Waals surface area contributed by atoms with Gasteiger partial charge in [0.25, 0.3) is 0 Å². The van der Waals surface area contributed by atoms with Gasteiger partial charge in [-0.2, -0.15) is 0 Å². The van der Waals surface area contributed by atoms with Crippen LogP contribution in [-0.2, 0) is 14.8 Å². The SMILES string of the molecule is CCS(=O)(=O)N(CC(=O)Nc1ccc(F)c(F)c1)c1ccc2c(c1)OCCO2. The lowest BCUT2D eigenvalue weighted by Crippen LogP contribution is -2.39. The molecule has 0 spiro atoms. The van der Waals surface area contributed by atoms with Crippen molar-refractivity contribution in [2.45, 2.75) is 6.92 Å². The van der Waals surface area contributed by atoms with E-state index in [9.17, 15) is 22.0 Å². The molecule has 2 aromatic carbocycles. The maximum atomic E-state index is 13.3. The zero-order chi connectivity index (χ0) is 20.3. The van der Waals surface area contributed by atoms with Crippen molar-refractivity contribution in [3.63, 3.8) is 0 Å². The Morgan fingerprint density at radius 1 is 1.07 bits per heavy atom. The van der Waals surface area contributed by atoms with Crippen molar-refractivity contribution in [2.75, 3.05) is 35.1 Å². The fraction of sp³-hybridized carbons (Fsp3) is 0.278. The third-order valence-electron chi connectivity index (χ3n) is 4.00. The molecular weight excluding hydrogens is 394 g/mol. The van der Waals surface area contributed by atoms with Gasteiger partial charge >= 0.3 is 0 Å². The molecule has 0 saturated carbocycles. The largest absolute Gasteiger partial charge is 0.486 e. The number of carbonyl (C=O) groups is 1. The van der Waals surface area contributed by atoms with Crippen molar-refractivity contribution in [2.24, 2.45) is 0 Å². The van der Waals surface area contributed by atoms with Gasteiger partial charge in [0, 0.05) is 17.8 Å². The highest BCUT2D eigenvalue weighted by molar-refractivity contribution is 7.92. The number of hydrogen-bond donors (Lipinski definition) is 1. The minimum Gasteiger partial charge on any atom is -0.486 e. The maximum Gasteiger partial charge on any atom is 0.245 e. The highest BCUT2D eigenvalue weighted by atomic mass is 32.2. The normalized spacial score (nSPS) is 13.1. The molecule has 150 valence electrons. The van der Waals surface area contributed by atoms with E-state index in [-0.39, 0.29) is 17.1 Å². The van der Waals surface area contributed by atoms with Crippen molar-refractivity contribution in [1.29, 1.82) is 0 Å². The number of nitrogens with one attached hydrogen (secondary N) is 1. The smallest absolute Gasteiger partial charge is 0.245 e. The topological polar surface area (TPSA) is 84.9 Å². The second-order valence-corrected chi connectivity index (χ2v) is 8.09. The number of fused-ring (bicyclic) bond motifs is 1. The summed E-state index contributed by atoms with van der Waals surface area (Å²) in [6.07, 6.45) is 0. The number of amides is 1. The molecule has 0 radical (unpaired) electrons. The lowest BCUT2D eigenvalue weighted by molar-refractivity contribution is -0.114. The number of benzene rings is 2. The Morgan fingerprint density at radius 3 is 2.46 bits per heavy atom. The van der Waals surface area contributed by atoms with E-state index in [0.717, 1.165) is 16.4 Å². The standard InChI is InChI=1S/C18H18F2N2O5S/c1-2-28(24,25)22(13-4-6-16-17(10-13)27-8-7-26-16)11-18(23)21-12-3-5-14(19)15(20)9-12/h3-6,9-10H,2,7-8,11H2,1H3,(H,21,23). The van der Waals surface area contributed by atoms with Gasteiger partial charge in [-0.1, -0.05) is 0 Å². The maximum absolute atomic E-state index is 13.3. The first-order chi connectivity index (χ1) is 13.3. The molecule has 7 nitrogen and oxygen atoms in total. The average Bonchev–Trinajstić information content (AvgIpc) is 2.68. The molecule has 0 saturated heterocycles. The summed E-state index contributed by atoms with van der Waals surface area (Å²) in [5.74, 6) is -2.26. The molecule has 1 N–H and O–H groups in total. The highest BCUT2D eigenvalue weighted by Crippen LogP contribution is 2.34. The number of sulfonamides is 1. The van der Waals surface area contributed by atoms with Crippen molar-refractivity contribution < 1.29 is 31.5 Å². The number of carbonyl (C=O) groups excluding carboxylic acids is 1. The average molecular weight is 412 g/mol. The Bertz CT molecular complexity index is 997. The van der Waals surface area contributed by atoms with Gasteiger partial charge in [-0.15, -0.1) is 0 Å². The van der Waals surface area contributed by atoms with Crippen molar-refractivity contribution in [3.8, 4) is 11.5 Å². The van der Waals surface area contributed by atoms with E-state index in [4.69, 9.17) is 9.47 Å². The second kappa shape index (κ2) is 8.01. The summed E-state index contributed by atoms with van der Waals surface area (Å²) in [7, 11) is -3.80. The predicted molar refractivity (Wildman–Crippen MR) is 99.2 cm³/mol. The van der Waals surface area contributed by atoms with Gasteiger partial charge in [0.2, 0.25) is 15.9 Å². The number of anilines is 2. The van der Waals surface area contributed by atoms with Crippen LogP contribution < -0.4 is 19.1 Å². The van der Waals surface area contributed by atoms with E-state index < -0.39 is 34.1 Å². The first-order valence-corrected chi connectivity index (χ1v) is 10.1. The number of nitrogens with zero attached hydrogens (tertiary/aromatic N) is 1.